The van der Waals surface area contributed by atoms with Gasteiger partial charge < -0.3 is 5.32 Å². The highest BCUT2D eigenvalue weighted by molar-refractivity contribution is 7.13. The lowest BCUT2D eigenvalue weighted by atomic mass is 10.1. The molecule has 0 atom stereocenters. The molecule has 0 spiro atoms. The standard InChI is InChI=1S/C16H17N3S/c1-2-17-10-13-6-3-4-7-14(13)19-12-18-11-15(19)16-8-5-9-20-16/h3-9,11-12,17H,2,10H2,1H3. The molecule has 0 fully saturated rings. The summed E-state index contributed by atoms with van der Waals surface area (Å²) < 4.78 is 2.17. The predicted octanol–water partition coefficient (Wildman–Crippen LogP) is 3.71. The quantitative estimate of drug-likeness (QED) is 0.773. The van der Waals surface area contributed by atoms with Crippen LogP contribution < -0.4 is 5.32 Å². The van der Waals surface area contributed by atoms with E-state index in [1.807, 2.05) is 12.5 Å². The van der Waals surface area contributed by atoms with Crippen LogP contribution in [0.25, 0.3) is 16.3 Å². The molecule has 102 valence electrons. The third-order valence-corrected chi connectivity index (χ3v) is 4.12. The number of nitrogens with one attached hydrogen (secondary N) is 1. The van der Waals surface area contributed by atoms with E-state index in [2.05, 4.69) is 63.6 Å². The Labute approximate surface area is 122 Å². The van der Waals surface area contributed by atoms with Gasteiger partial charge in [-0.05, 0) is 29.6 Å². The van der Waals surface area contributed by atoms with Crippen molar-refractivity contribution < 1.29 is 0 Å². The van der Waals surface area contributed by atoms with Gasteiger partial charge >= 0.3 is 0 Å². The highest BCUT2D eigenvalue weighted by Crippen LogP contribution is 2.27. The number of rotatable bonds is 5. The van der Waals surface area contributed by atoms with E-state index in [4.69, 9.17) is 0 Å². The normalized spacial score (nSPS) is 10.8. The Morgan fingerprint density at radius 2 is 2.10 bits per heavy atom. The molecule has 3 rings (SSSR count). The highest BCUT2D eigenvalue weighted by Gasteiger charge is 2.10. The van der Waals surface area contributed by atoms with E-state index in [-0.39, 0.29) is 0 Å². The number of para-hydroxylation sites is 1. The molecule has 1 N–H and O–H groups in total. The topological polar surface area (TPSA) is 29.9 Å². The third kappa shape index (κ3) is 2.53. The molecule has 3 aromatic rings. The van der Waals surface area contributed by atoms with Crippen molar-refractivity contribution in [3.8, 4) is 16.3 Å². The molecule has 0 aliphatic rings. The number of imidazole rings is 1. The maximum Gasteiger partial charge on any atom is 0.0997 e. The van der Waals surface area contributed by atoms with E-state index in [1.54, 1.807) is 11.3 Å². The Balaban J connectivity index is 2.04. The number of hydrogen-bond donors (Lipinski definition) is 1. The van der Waals surface area contributed by atoms with E-state index in [0.717, 1.165) is 18.8 Å². The third-order valence-electron chi connectivity index (χ3n) is 3.23. The van der Waals surface area contributed by atoms with E-state index < -0.39 is 0 Å². The predicted molar refractivity (Wildman–Crippen MR) is 84.3 cm³/mol. The fourth-order valence-corrected chi connectivity index (χ4v) is 2.98. The molecule has 20 heavy (non-hydrogen) atoms. The molecule has 2 heterocycles. The Morgan fingerprint density at radius 3 is 2.90 bits per heavy atom. The number of aromatic nitrogens is 2. The monoisotopic (exact) mass is 283 g/mol. The van der Waals surface area contributed by atoms with E-state index in [0.29, 0.717) is 0 Å². The first kappa shape index (κ1) is 13.1. The first-order chi connectivity index (χ1) is 9.90. The number of hydrogen-bond acceptors (Lipinski definition) is 3. The summed E-state index contributed by atoms with van der Waals surface area (Å²) in [5, 5.41) is 5.48. The van der Waals surface area contributed by atoms with Crippen LogP contribution in [0.1, 0.15) is 12.5 Å². The van der Waals surface area contributed by atoms with Crippen LogP contribution in [0.4, 0.5) is 0 Å². The molecule has 2 aromatic heterocycles. The van der Waals surface area contributed by atoms with Crippen LogP contribution >= 0.6 is 11.3 Å². The minimum Gasteiger partial charge on any atom is -0.313 e. The van der Waals surface area contributed by atoms with Crippen molar-refractivity contribution in [2.75, 3.05) is 6.54 Å². The van der Waals surface area contributed by atoms with E-state index >= 15 is 0 Å². The first-order valence-electron chi connectivity index (χ1n) is 6.75. The Bertz CT molecular complexity index is 671. The number of thiophene rings is 1. The van der Waals surface area contributed by atoms with Gasteiger partial charge in [-0.15, -0.1) is 11.3 Å². The molecule has 0 bridgehead atoms. The van der Waals surface area contributed by atoms with Gasteiger partial charge in [-0.2, -0.15) is 0 Å². The summed E-state index contributed by atoms with van der Waals surface area (Å²) in [4.78, 5) is 5.56. The Kier molecular flexibility index (Phi) is 3.95. The van der Waals surface area contributed by atoms with E-state index in [1.165, 1.54) is 16.1 Å². The van der Waals surface area contributed by atoms with Gasteiger partial charge in [0, 0.05) is 6.54 Å². The second-order valence-electron chi connectivity index (χ2n) is 4.54. The molecule has 0 radical (unpaired) electrons. The van der Waals surface area contributed by atoms with Crippen LogP contribution in [0.5, 0.6) is 0 Å². The summed E-state index contributed by atoms with van der Waals surface area (Å²) in [6, 6.07) is 12.7. The molecule has 0 aliphatic heterocycles. The average Bonchev–Trinajstić information content (AvgIpc) is 3.15. The van der Waals surface area contributed by atoms with Crippen LogP contribution in [0.2, 0.25) is 0 Å². The van der Waals surface area contributed by atoms with E-state index in [9.17, 15) is 0 Å². The van der Waals surface area contributed by atoms with Crippen molar-refractivity contribution in [2.24, 2.45) is 0 Å². The summed E-state index contributed by atoms with van der Waals surface area (Å²) >= 11 is 1.74. The van der Waals surface area contributed by atoms with Gasteiger partial charge in [-0.3, -0.25) is 4.57 Å². The Hall–Kier alpha value is -1.91. The molecule has 1 aromatic carbocycles. The zero-order chi connectivity index (χ0) is 13.8. The fourth-order valence-electron chi connectivity index (χ4n) is 2.25. The molecule has 0 unspecified atom stereocenters. The van der Waals surface area contributed by atoms with Crippen molar-refractivity contribution in [3.63, 3.8) is 0 Å². The summed E-state index contributed by atoms with van der Waals surface area (Å²) in [7, 11) is 0. The fraction of sp³-hybridized carbons (Fsp3) is 0.188. The molecule has 3 nitrogen and oxygen atoms in total. The SMILES string of the molecule is CCNCc1ccccc1-n1cncc1-c1cccs1. The van der Waals surface area contributed by atoms with Crippen molar-refractivity contribution in [3.05, 3.63) is 59.9 Å². The van der Waals surface area contributed by atoms with Gasteiger partial charge in [0.1, 0.15) is 0 Å². The molecule has 0 amide bonds. The first-order valence-corrected chi connectivity index (χ1v) is 7.63. The van der Waals surface area contributed by atoms with Gasteiger partial charge in [0.15, 0.2) is 0 Å². The lowest BCUT2D eigenvalue weighted by Gasteiger charge is -2.13. The summed E-state index contributed by atoms with van der Waals surface area (Å²) in [5.41, 5.74) is 3.61. The summed E-state index contributed by atoms with van der Waals surface area (Å²) in [6.07, 6.45) is 3.82. The summed E-state index contributed by atoms with van der Waals surface area (Å²) in [6.45, 7) is 3.96. The van der Waals surface area contributed by atoms with Crippen molar-refractivity contribution >= 4 is 11.3 Å². The minimum atomic E-state index is 0.870. The molecule has 0 saturated carbocycles. The molecule has 0 saturated heterocycles. The molecule has 4 heteroatoms. The number of nitrogens with zero attached hydrogens (tertiary/aromatic N) is 2. The van der Waals surface area contributed by atoms with Gasteiger partial charge in [0.05, 0.1) is 28.8 Å². The highest BCUT2D eigenvalue weighted by atomic mass is 32.1. The van der Waals surface area contributed by atoms with Crippen LogP contribution in [0.15, 0.2) is 54.3 Å². The lowest BCUT2D eigenvalue weighted by molar-refractivity contribution is 0.722. The number of benzene rings is 1. The van der Waals surface area contributed by atoms with Crippen molar-refractivity contribution in [2.45, 2.75) is 13.5 Å². The summed E-state index contributed by atoms with van der Waals surface area (Å²) in [5.74, 6) is 0. The van der Waals surface area contributed by atoms with Crippen LogP contribution in [-0.4, -0.2) is 16.1 Å². The van der Waals surface area contributed by atoms with Crippen molar-refractivity contribution in [1.29, 1.82) is 0 Å². The van der Waals surface area contributed by atoms with Gasteiger partial charge in [-0.25, -0.2) is 4.98 Å². The maximum absolute atomic E-state index is 4.33. The lowest BCUT2D eigenvalue weighted by Crippen LogP contribution is -2.13. The van der Waals surface area contributed by atoms with Crippen LogP contribution in [0.3, 0.4) is 0 Å². The Morgan fingerprint density at radius 1 is 1.20 bits per heavy atom. The second-order valence-corrected chi connectivity index (χ2v) is 5.48. The maximum atomic E-state index is 4.33. The van der Waals surface area contributed by atoms with Crippen LogP contribution in [0, 0.1) is 0 Å². The molecular weight excluding hydrogens is 266 g/mol. The largest absolute Gasteiger partial charge is 0.313 e. The average molecular weight is 283 g/mol. The van der Waals surface area contributed by atoms with Gasteiger partial charge in [0.2, 0.25) is 0 Å². The van der Waals surface area contributed by atoms with Crippen LogP contribution in [-0.2, 0) is 6.54 Å². The zero-order valence-electron chi connectivity index (χ0n) is 11.4. The van der Waals surface area contributed by atoms with Crippen molar-refractivity contribution in [1.82, 2.24) is 14.9 Å². The molecule has 0 aliphatic carbocycles. The van der Waals surface area contributed by atoms with Gasteiger partial charge in [0.25, 0.3) is 0 Å². The minimum absolute atomic E-state index is 0.870. The van der Waals surface area contributed by atoms with Gasteiger partial charge in [-0.1, -0.05) is 31.2 Å². The molecular formula is C16H17N3S. The second kappa shape index (κ2) is 6.03. The zero-order valence-corrected chi connectivity index (χ0v) is 12.2. The smallest absolute Gasteiger partial charge is 0.0997 e.